The number of rotatable bonds is 8. The van der Waals surface area contributed by atoms with Crippen LogP contribution in [0.15, 0.2) is 48.5 Å². The van der Waals surface area contributed by atoms with Gasteiger partial charge in [0.2, 0.25) is 0 Å². The lowest BCUT2D eigenvalue weighted by Crippen LogP contribution is -2.20. The van der Waals surface area contributed by atoms with E-state index in [2.05, 4.69) is 49.4 Å². The number of benzene rings is 2. The highest BCUT2D eigenvalue weighted by Gasteiger charge is 2.20. The van der Waals surface area contributed by atoms with Gasteiger partial charge in [0.15, 0.2) is 0 Å². The van der Waals surface area contributed by atoms with Gasteiger partial charge in [-0.05, 0) is 66.3 Å². The zero-order chi connectivity index (χ0) is 19.5. The number of aliphatic hydroxyl groups excluding tert-OH is 1. The van der Waals surface area contributed by atoms with Gasteiger partial charge in [0.25, 0.3) is 0 Å². The number of hydrogen-bond donors (Lipinski definition) is 2. The van der Waals surface area contributed by atoms with Crippen LogP contribution in [0.1, 0.15) is 54.4 Å². The van der Waals surface area contributed by atoms with Crippen molar-refractivity contribution in [1.29, 1.82) is 0 Å². The summed E-state index contributed by atoms with van der Waals surface area (Å²) in [6.07, 6.45) is 5.93. The van der Waals surface area contributed by atoms with Crippen LogP contribution in [0.3, 0.4) is 0 Å². The summed E-state index contributed by atoms with van der Waals surface area (Å²) in [4.78, 5) is 0. The third-order valence-electron chi connectivity index (χ3n) is 5.42. The van der Waals surface area contributed by atoms with Gasteiger partial charge in [-0.15, -0.1) is 0 Å². The third-order valence-corrected chi connectivity index (χ3v) is 5.42. The smallest absolute Gasteiger partial charge is 0.0717 e. The zero-order valence-electron chi connectivity index (χ0n) is 16.9. The van der Waals surface area contributed by atoms with Crippen LogP contribution in [0.4, 0.5) is 0 Å². The summed E-state index contributed by atoms with van der Waals surface area (Å²) in [5.74, 6) is 1.16. The number of fused-ring (bicyclic) bond motifs is 1. The van der Waals surface area contributed by atoms with Crippen molar-refractivity contribution in [3.63, 3.8) is 0 Å². The molecule has 148 valence electrons. The minimum Gasteiger partial charge on any atom is -0.400 e. The van der Waals surface area contributed by atoms with E-state index in [1.807, 2.05) is 6.07 Å². The van der Waals surface area contributed by atoms with Crippen molar-refractivity contribution in [1.82, 2.24) is 0 Å². The van der Waals surface area contributed by atoms with Gasteiger partial charge in [-0.2, -0.15) is 0 Å². The molecular weight excluding hydrogens is 334 g/mol. The van der Waals surface area contributed by atoms with E-state index in [4.69, 9.17) is 15.6 Å². The average molecular weight is 370 g/mol. The van der Waals surface area contributed by atoms with Crippen molar-refractivity contribution in [2.45, 2.75) is 51.6 Å². The van der Waals surface area contributed by atoms with Crippen LogP contribution in [0.2, 0.25) is 0 Å². The number of hydrogen-bond acceptors (Lipinski definition) is 3. The lowest BCUT2D eigenvalue weighted by molar-refractivity contribution is 0.0823. The van der Waals surface area contributed by atoms with Crippen LogP contribution in [0.25, 0.3) is 0 Å². The van der Waals surface area contributed by atoms with Crippen LogP contribution in [0.5, 0.6) is 0 Å². The first-order valence-corrected chi connectivity index (χ1v) is 10.2. The van der Waals surface area contributed by atoms with Crippen LogP contribution in [-0.2, 0) is 24.2 Å². The Hall–Kier alpha value is -1.68. The van der Waals surface area contributed by atoms with Gasteiger partial charge < -0.3 is 15.6 Å². The fourth-order valence-electron chi connectivity index (χ4n) is 3.93. The molecule has 2 unspecified atom stereocenters. The summed E-state index contributed by atoms with van der Waals surface area (Å²) in [6, 6.07) is 17.5. The number of aliphatic hydroxyl groups is 1. The molecule has 3 nitrogen and oxygen atoms in total. The Balaban J connectivity index is 0.00000126. The molecule has 0 aromatic heterocycles. The second-order valence-corrected chi connectivity index (χ2v) is 7.36. The van der Waals surface area contributed by atoms with Crippen molar-refractivity contribution in [3.8, 4) is 0 Å². The van der Waals surface area contributed by atoms with E-state index in [9.17, 15) is 0 Å². The van der Waals surface area contributed by atoms with E-state index < -0.39 is 0 Å². The Morgan fingerprint density at radius 3 is 2.59 bits per heavy atom. The Bertz CT molecular complexity index is 657. The van der Waals surface area contributed by atoms with Crippen molar-refractivity contribution in [2.75, 3.05) is 20.3 Å². The van der Waals surface area contributed by atoms with Crippen molar-refractivity contribution in [3.05, 3.63) is 70.8 Å². The fraction of sp³-hybridized carbons (Fsp3) is 0.500. The van der Waals surface area contributed by atoms with Crippen LogP contribution >= 0.6 is 0 Å². The van der Waals surface area contributed by atoms with E-state index in [1.165, 1.54) is 47.9 Å². The number of aryl methyl sites for hydroxylation is 1. The summed E-state index contributed by atoms with van der Waals surface area (Å²) in [7, 11) is 1.00. The molecule has 2 aromatic carbocycles. The largest absolute Gasteiger partial charge is 0.400 e. The zero-order valence-corrected chi connectivity index (χ0v) is 16.9. The lowest BCUT2D eigenvalue weighted by Gasteiger charge is -2.26. The normalized spacial score (nSPS) is 16.8. The second kappa shape index (κ2) is 11.9. The molecule has 0 fully saturated rings. The average Bonchev–Trinajstić information content (AvgIpc) is 2.74. The van der Waals surface area contributed by atoms with Gasteiger partial charge in [0.05, 0.1) is 13.2 Å². The van der Waals surface area contributed by atoms with E-state index in [0.717, 1.165) is 33.3 Å². The van der Waals surface area contributed by atoms with Gasteiger partial charge >= 0.3 is 0 Å². The standard InChI is InChI=1S/C23H31NO.CH4O/c1-2-6-23(15-24)22-12-11-20-13-19(9-10-21(20)14-22)17-25-16-18-7-4-3-5-8-18;1-2/h3-5,7-8,11-12,14,19,23H,2,6,9-10,13,15-17,24H2,1H3;2H,1H3. The van der Waals surface area contributed by atoms with E-state index in [-0.39, 0.29) is 0 Å². The topological polar surface area (TPSA) is 55.5 Å². The monoisotopic (exact) mass is 369 g/mol. The Labute approximate surface area is 164 Å². The quantitative estimate of drug-likeness (QED) is 0.722. The molecule has 0 amide bonds. The number of ether oxygens (including phenoxy) is 1. The van der Waals surface area contributed by atoms with Gasteiger partial charge in [-0.25, -0.2) is 0 Å². The predicted octanol–water partition coefficient (Wildman–Crippen LogP) is 4.46. The minimum atomic E-state index is 0.516. The highest BCUT2D eigenvalue weighted by Crippen LogP contribution is 2.30. The van der Waals surface area contributed by atoms with Crippen LogP contribution < -0.4 is 5.73 Å². The summed E-state index contributed by atoms with van der Waals surface area (Å²) in [5, 5.41) is 7.00. The fourth-order valence-corrected chi connectivity index (χ4v) is 3.93. The molecule has 0 saturated heterocycles. The van der Waals surface area contributed by atoms with Crippen LogP contribution in [-0.4, -0.2) is 25.4 Å². The predicted molar refractivity (Wildman–Crippen MR) is 113 cm³/mol. The Morgan fingerprint density at radius 2 is 1.89 bits per heavy atom. The molecule has 1 aliphatic rings. The molecule has 3 rings (SSSR count). The SMILES string of the molecule is CCCC(CN)c1ccc2c(c1)CCC(COCc1ccccc1)C2.CO. The highest BCUT2D eigenvalue weighted by atomic mass is 16.5. The molecule has 27 heavy (non-hydrogen) atoms. The molecular formula is C24H35NO2. The molecule has 3 N–H and O–H groups in total. The summed E-state index contributed by atoms with van der Waals surface area (Å²) >= 11 is 0. The molecule has 2 atom stereocenters. The van der Waals surface area contributed by atoms with Gasteiger partial charge in [0, 0.05) is 7.11 Å². The lowest BCUT2D eigenvalue weighted by atomic mass is 9.82. The van der Waals surface area contributed by atoms with Gasteiger partial charge in [-0.1, -0.05) is 61.9 Å². The molecule has 0 spiro atoms. The molecule has 3 heteroatoms. The van der Waals surface area contributed by atoms with E-state index in [0.29, 0.717) is 11.8 Å². The molecule has 1 aliphatic carbocycles. The maximum atomic E-state index is 7.00. The molecule has 0 bridgehead atoms. The molecule has 2 aromatic rings. The Morgan fingerprint density at radius 1 is 1.11 bits per heavy atom. The second-order valence-electron chi connectivity index (χ2n) is 7.36. The maximum absolute atomic E-state index is 7.00. The molecule has 0 heterocycles. The first-order chi connectivity index (χ1) is 13.3. The van der Waals surface area contributed by atoms with Gasteiger partial charge in [-0.3, -0.25) is 0 Å². The van der Waals surface area contributed by atoms with E-state index >= 15 is 0 Å². The molecule has 0 aliphatic heterocycles. The van der Waals surface area contributed by atoms with Crippen molar-refractivity contribution in [2.24, 2.45) is 11.7 Å². The van der Waals surface area contributed by atoms with E-state index in [1.54, 1.807) is 0 Å². The first kappa shape index (κ1) is 21.6. The maximum Gasteiger partial charge on any atom is 0.0717 e. The summed E-state index contributed by atoms with van der Waals surface area (Å²) in [5.41, 5.74) is 11.7. The highest BCUT2D eigenvalue weighted by molar-refractivity contribution is 5.36. The van der Waals surface area contributed by atoms with Crippen LogP contribution in [0, 0.1) is 5.92 Å². The van der Waals surface area contributed by atoms with Crippen molar-refractivity contribution < 1.29 is 9.84 Å². The Kier molecular flexibility index (Phi) is 9.54. The summed E-state index contributed by atoms with van der Waals surface area (Å²) in [6.45, 7) is 4.57. The van der Waals surface area contributed by atoms with Crippen molar-refractivity contribution >= 4 is 0 Å². The molecule has 0 radical (unpaired) electrons. The number of nitrogens with two attached hydrogens (primary N) is 1. The molecule has 0 saturated carbocycles. The minimum absolute atomic E-state index is 0.516. The van der Waals surface area contributed by atoms with Gasteiger partial charge in [0.1, 0.15) is 0 Å². The first-order valence-electron chi connectivity index (χ1n) is 10.2. The summed E-state index contributed by atoms with van der Waals surface area (Å²) < 4.78 is 5.97. The third kappa shape index (κ3) is 6.46.